The molecular formula is C17H24ClN3OS. The molecule has 0 radical (unpaired) electrons. The molecule has 1 amide bonds. The maximum atomic E-state index is 12.5. The van der Waals surface area contributed by atoms with Gasteiger partial charge in [0, 0.05) is 11.9 Å². The highest BCUT2D eigenvalue weighted by molar-refractivity contribution is 7.09. The van der Waals surface area contributed by atoms with Crippen molar-refractivity contribution in [3.8, 4) is 0 Å². The molecule has 0 aliphatic carbocycles. The summed E-state index contributed by atoms with van der Waals surface area (Å²) < 4.78 is 0. The molecule has 1 aromatic heterocycles. The number of aryl methyl sites for hydroxylation is 1. The highest BCUT2D eigenvalue weighted by atomic mass is 35.5. The van der Waals surface area contributed by atoms with Gasteiger partial charge in [0.1, 0.15) is 10.7 Å². The van der Waals surface area contributed by atoms with Gasteiger partial charge in [-0.2, -0.15) is 0 Å². The third-order valence-electron chi connectivity index (χ3n) is 3.60. The largest absolute Gasteiger partial charge is 0.343 e. The average molecular weight is 354 g/mol. The van der Waals surface area contributed by atoms with E-state index in [1.54, 1.807) is 5.38 Å². The molecule has 1 atom stereocenters. The summed E-state index contributed by atoms with van der Waals surface area (Å²) in [5.74, 6) is -0.154. The van der Waals surface area contributed by atoms with Crippen LogP contribution in [0.4, 0.5) is 0 Å². The first-order chi connectivity index (χ1) is 10.3. The van der Waals surface area contributed by atoms with Gasteiger partial charge in [0.15, 0.2) is 0 Å². The number of hydrogen-bond acceptors (Lipinski definition) is 4. The van der Waals surface area contributed by atoms with E-state index in [9.17, 15) is 4.79 Å². The minimum atomic E-state index is -0.154. The van der Waals surface area contributed by atoms with Crippen LogP contribution in [0.2, 0.25) is 0 Å². The summed E-state index contributed by atoms with van der Waals surface area (Å²) in [6.45, 7) is 8.79. The Morgan fingerprint density at radius 2 is 2.00 bits per heavy atom. The number of hydrogen-bond donors (Lipinski definition) is 2. The van der Waals surface area contributed by atoms with Gasteiger partial charge in [-0.25, -0.2) is 4.98 Å². The van der Waals surface area contributed by atoms with Gasteiger partial charge in [0.05, 0.1) is 6.04 Å². The molecule has 0 bridgehead atoms. The number of amides is 1. The molecule has 0 aliphatic heterocycles. The summed E-state index contributed by atoms with van der Waals surface area (Å²) in [6.07, 6.45) is 0. The molecule has 6 heteroatoms. The molecule has 2 aromatic rings. The first kappa shape index (κ1) is 19.6. The molecule has 0 aliphatic rings. The third kappa shape index (κ3) is 4.77. The second kappa shape index (κ2) is 7.90. The zero-order valence-electron chi connectivity index (χ0n) is 13.9. The van der Waals surface area contributed by atoms with Gasteiger partial charge >= 0.3 is 0 Å². The third-order valence-corrected chi connectivity index (χ3v) is 4.47. The van der Waals surface area contributed by atoms with Crippen LogP contribution in [-0.4, -0.2) is 10.9 Å². The fourth-order valence-corrected chi connectivity index (χ4v) is 3.04. The van der Waals surface area contributed by atoms with Crippen LogP contribution in [0.5, 0.6) is 0 Å². The lowest BCUT2D eigenvalue weighted by Crippen LogP contribution is -2.37. The standard InChI is InChI=1S/C17H23N3OS.ClH/c1-11-7-5-6-8-12(11)15(17(2,3)4)20-16(21)13-10-22-14(9-18)19-13;/h5-8,10,15H,9,18H2,1-4H3,(H,20,21);1H. The van der Waals surface area contributed by atoms with E-state index >= 15 is 0 Å². The second-order valence-electron chi connectivity index (χ2n) is 6.46. The van der Waals surface area contributed by atoms with Crippen molar-refractivity contribution >= 4 is 29.7 Å². The number of halogens is 1. The predicted octanol–water partition coefficient (Wildman–Crippen LogP) is 3.85. The maximum Gasteiger partial charge on any atom is 0.271 e. The Bertz CT molecular complexity index is 664. The Labute approximate surface area is 147 Å². The summed E-state index contributed by atoms with van der Waals surface area (Å²) in [6, 6.07) is 8.06. The molecule has 3 N–H and O–H groups in total. The number of nitrogens with one attached hydrogen (secondary N) is 1. The number of nitrogens with two attached hydrogens (primary N) is 1. The summed E-state index contributed by atoms with van der Waals surface area (Å²) in [4.78, 5) is 16.8. The number of rotatable bonds is 4. The molecule has 4 nitrogen and oxygen atoms in total. The van der Waals surface area contributed by atoms with E-state index in [2.05, 4.69) is 50.1 Å². The zero-order valence-corrected chi connectivity index (χ0v) is 15.6. The quantitative estimate of drug-likeness (QED) is 0.877. The van der Waals surface area contributed by atoms with Crippen LogP contribution in [0, 0.1) is 12.3 Å². The normalized spacial score (nSPS) is 12.4. The fourth-order valence-electron chi connectivity index (χ4n) is 2.39. The van der Waals surface area contributed by atoms with Crippen LogP contribution in [0.3, 0.4) is 0 Å². The van der Waals surface area contributed by atoms with E-state index < -0.39 is 0 Å². The van der Waals surface area contributed by atoms with Gasteiger partial charge in [0.2, 0.25) is 0 Å². The van der Waals surface area contributed by atoms with Crippen LogP contribution in [0.15, 0.2) is 29.6 Å². The molecule has 23 heavy (non-hydrogen) atoms. The van der Waals surface area contributed by atoms with Crippen molar-refractivity contribution < 1.29 is 4.79 Å². The molecule has 1 aromatic carbocycles. The molecule has 2 rings (SSSR count). The monoisotopic (exact) mass is 353 g/mol. The Balaban J connectivity index is 0.00000264. The van der Waals surface area contributed by atoms with E-state index in [1.165, 1.54) is 16.9 Å². The second-order valence-corrected chi connectivity index (χ2v) is 7.40. The van der Waals surface area contributed by atoms with Gasteiger partial charge in [0.25, 0.3) is 5.91 Å². The van der Waals surface area contributed by atoms with Crippen molar-refractivity contribution in [1.82, 2.24) is 10.3 Å². The van der Waals surface area contributed by atoms with Crippen LogP contribution in [0.25, 0.3) is 0 Å². The minimum Gasteiger partial charge on any atom is -0.343 e. The van der Waals surface area contributed by atoms with Crippen molar-refractivity contribution in [3.05, 3.63) is 51.5 Å². The highest BCUT2D eigenvalue weighted by Gasteiger charge is 2.29. The van der Waals surface area contributed by atoms with Gasteiger partial charge in [-0.3, -0.25) is 4.79 Å². The first-order valence-electron chi connectivity index (χ1n) is 7.34. The number of carbonyl (C=O) groups excluding carboxylic acids is 1. The van der Waals surface area contributed by atoms with E-state index in [4.69, 9.17) is 5.73 Å². The lowest BCUT2D eigenvalue weighted by atomic mass is 9.81. The van der Waals surface area contributed by atoms with Gasteiger partial charge in [-0.15, -0.1) is 23.7 Å². The number of aromatic nitrogens is 1. The lowest BCUT2D eigenvalue weighted by Gasteiger charge is -2.32. The SMILES string of the molecule is Cc1ccccc1C(NC(=O)c1csc(CN)n1)C(C)(C)C.Cl. The minimum absolute atomic E-state index is 0. The van der Waals surface area contributed by atoms with E-state index in [-0.39, 0.29) is 29.8 Å². The topological polar surface area (TPSA) is 68.0 Å². The van der Waals surface area contributed by atoms with Crippen molar-refractivity contribution in [2.24, 2.45) is 11.1 Å². The zero-order chi connectivity index (χ0) is 16.3. The molecule has 0 spiro atoms. The van der Waals surface area contributed by atoms with Crippen molar-refractivity contribution in [2.75, 3.05) is 0 Å². The fraction of sp³-hybridized carbons (Fsp3) is 0.412. The van der Waals surface area contributed by atoms with Crippen molar-refractivity contribution in [2.45, 2.75) is 40.3 Å². The Morgan fingerprint density at radius 3 is 2.52 bits per heavy atom. The smallest absolute Gasteiger partial charge is 0.271 e. The van der Waals surface area contributed by atoms with Crippen molar-refractivity contribution in [1.29, 1.82) is 0 Å². The van der Waals surface area contributed by atoms with Gasteiger partial charge < -0.3 is 11.1 Å². The lowest BCUT2D eigenvalue weighted by molar-refractivity contribution is 0.0897. The van der Waals surface area contributed by atoms with Gasteiger partial charge in [-0.1, -0.05) is 45.0 Å². The Kier molecular flexibility index (Phi) is 6.74. The van der Waals surface area contributed by atoms with Crippen LogP contribution >= 0.6 is 23.7 Å². The summed E-state index contributed by atoms with van der Waals surface area (Å²) in [5.41, 5.74) is 8.20. The molecular weight excluding hydrogens is 330 g/mol. The first-order valence-corrected chi connectivity index (χ1v) is 8.21. The molecule has 1 unspecified atom stereocenters. The highest BCUT2D eigenvalue weighted by Crippen LogP contribution is 2.34. The number of carbonyl (C=O) groups is 1. The number of benzene rings is 1. The van der Waals surface area contributed by atoms with Crippen LogP contribution < -0.4 is 11.1 Å². The molecule has 126 valence electrons. The molecule has 0 fully saturated rings. The predicted molar refractivity (Wildman–Crippen MR) is 98.1 cm³/mol. The van der Waals surface area contributed by atoms with E-state index in [0.29, 0.717) is 12.2 Å². The van der Waals surface area contributed by atoms with Crippen molar-refractivity contribution in [3.63, 3.8) is 0 Å². The summed E-state index contributed by atoms with van der Waals surface area (Å²) >= 11 is 1.41. The van der Waals surface area contributed by atoms with E-state index in [0.717, 1.165) is 10.6 Å². The molecule has 1 heterocycles. The number of thiazole rings is 1. The summed E-state index contributed by atoms with van der Waals surface area (Å²) in [5, 5.41) is 5.66. The maximum absolute atomic E-state index is 12.5. The van der Waals surface area contributed by atoms with Crippen LogP contribution in [0.1, 0.15) is 53.4 Å². The van der Waals surface area contributed by atoms with Gasteiger partial charge in [-0.05, 0) is 23.5 Å². The average Bonchev–Trinajstić information content (AvgIpc) is 2.93. The van der Waals surface area contributed by atoms with E-state index in [1.807, 2.05) is 12.1 Å². The van der Waals surface area contributed by atoms with Crippen LogP contribution in [-0.2, 0) is 6.54 Å². The Morgan fingerprint density at radius 1 is 1.35 bits per heavy atom. The molecule has 0 saturated heterocycles. The number of nitrogens with zero attached hydrogens (tertiary/aromatic N) is 1. The Hall–Kier alpha value is -1.43. The summed E-state index contributed by atoms with van der Waals surface area (Å²) in [7, 11) is 0. The molecule has 0 saturated carbocycles.